The summed E-state index contributed by atoms with van der Waals surface area (Å²) in [4.78, 5) is 19.1. The molecule has 6 heteroatoms. The molecule has 0 radical (unpaired) electrons. The first-order chi connectivity index (χ1) is 12.1. The normalized spacial score (nSPS) is 16.3. The molecule has 1 heterocycles. The summed E-state index contributed by atoms with van der Waals surface area (Å²) in [7, 11) is 3.81. The fourth-order valence-electron chi connectivity index (χ4n) is 3.49. The minimum Gasteiger partial charge on any atom is -0.347 e. The average Bonchev–Trinajstić information content (AvgIpc) is 3.26. The van der Waals surface area contributed by atoms with E-state index in [0.717, 1.165) is 24.0 Å². The Hall–Kier alpha value is -2.21. The quantitative estimate of drug-likeness (QED) is 0.874. The molecule has 1 amide bonds. The second-order valence-electron chi connectivity index (χ2n) is 6.97. The number of aromatic nitrogens is 2. The van der Waals surface area contributed by atoms with E-state index >= 15 is 0 Å². The molecule has 1 fully saturated rings. The number of carbonyl (C=O) groups is 1. The van der Waals surface area contributed by atoms with Gasteiger partial charge in [-0.2, -0.15) is 4.98 Å². The molecule has 1 aromatic heterocycles. The van der Waals surface area contributed by atoms with Gasteiger partial charge in [-0.1, -0.05) is 42.3 Å². The van der Waals surface area contributed by atoms with Crippen LogP contribution < -0.4 is 5.32 Å². The predicted octanol–water partition coefficient (Wildman–Crippen LogP) is 2.95. The minimum absolute atomic E-state index is 0.0634. The van der Waals surface area contributed by atoms with Crippen LogP contribution in [0.1, 0.15) is 60.5 Å². The van der Waals surface area contributed by atoms with Crippen molar-refractivity contribution in [3.63, 3.8) is 0 Å². The number of likely N-dealkylation sites (N-methyl/N-ethyl adjacent to an activating group) is 1. The Bertz CT molecular complexity index is 720. The van der Waals surface area contributed by atoms with Crippen molar-refractivity contribution in [1.82, 2.24) is 20.4 Å². The largest absolute Gasteiger partial charge is 0.347 e. The van der Waals surface area contributed by atoms with Crippen molar-refractivity contribution < 1.29 is 9.32 Å². The summed E-state index contributed by atoms with van der Waals surface area (Å²) in [6.07, 6.45) is 4.67. The molecule has 134 valence electrons. The number of aryl methyl sites for hydroxylation is 1. The van der Waals surface area contributed by atoms with Crippen LogP contribution >= 0.6 is 0 Å². The van der Waals surface area contributed by atoms with E-state index in [1.54, 1.807) is 0 Å². The lowest BCUT2D eigenvalue weighted by Gasteiger charge is -2.25. The molecular formula is C19H26N4O2. The number of amides is 1. The van der Waals surface area contributed by atoms with Crippen LogP contribution in [-0.4, -0.2) is 35.0 Å². The van der Waals surface area contributed by atoms with Crippen LogP contribution in [-0.2, 0) is 11.3 Å². The molecule has 1 N–H and O–H groups in total. The summed E-state index contributed by atoms with van der Waals surface area (Å²) >= 11 is 0. The van der Waals surface area contributed by atoms with E-state index in [1.807, 2.05) is 50.2 Å². The molecule has 1 atom stereocenters. The van der Waals surface area contributed by atoms with Crippen molar-refractivity contribution in [1.29, 1.82) is 0 Å². The van der Waals surface area contributed by atoms with E-state index in [2.05, 4.69) is 15.5 Å². The third-order valence-corrected chi connectivity index (χ3v) is 4.86. The average molecular weight is 342 g/mol. The monoisotopic (exact) mass is 342 g/mol. The van der Waals surface area contributed by atoms with E-state index < -0.39 is 0 Å². The molecule has 0 bridgehead atoms. The van der Waals surface area contributed by atoms with Gasteiger partial charge in [0.15, 0.2) is 5.82 Å². The molecule has 1 aliphatic rings. The van der Waals surface area contributed by atoms with Crippen LogP contribution in [0.2, 0.25) is 0 Å². The fraction of sp³-hybridized carbons (Fsp3) is 0.526. The molecule has 3 rings (SSSR count). The number of benzene rings is 1. The van der Waals surface area contributed by atoms with Gasteiger partial charge in [-0.3, -0.25) is 9.69 Å². The number of hydrogen-bond acceptors (Lipinski definition) is 5. The summed E-state index contributed by atoms with van der Waals surface area (Å²) in [5.74, 6) is 1.58. The molecule has 1 aromatic carbocycles. The van der Waals surface area contributed by atoms with E-state index in [9.17, 15) is 4.79 Å². The van der Waals surface area contributed by atoms with Crippen molar-refractivity contribution in [3.05, 3.63) is 47.1 Å². The van der Waals surface area contributed by atoms with Gasteiger partial charge >= 0.3 is 0 Å². The molecule has 25 heavy (non-hydrogen) atoms. The molecular weight excluding hydrogens is 316 g/mol. The Morgan fingerprint density at radius 1 is 1.32 bits per heavy atom. The van der Waals surface area contributed by atoms with Gasteiger partial charge in [-0.15, -0.1) is 0 Å². The van der Waals surface area contributed by atoms with Crippen molar-refractivity contribution in [3.8, 4) is 0 Å². The first-order valence-corrected chi connectivity index (χ1v) is 8.88. The van der Waals surface area contributed by atoms with Crippen LogP contribution in [0.4, 0.5) is 0 Å². The molecule has 1 unspecified atom stereocenters. The highest BCUT2D eigenvalue weighted by molar-refractivity contribution is 5.83. The Morgan fingerprint density at radius 2 is 2.04 bits per heavy atom. The van der Waals surface area contributed by atoms with Crippen LogP contribution in [0.3, 0.4) is 0 Å². The fourth-order valence-corrected chi connectivity index (χ4v) is 3.49. The van der Waals surface area contributed by atoms with Gasteiger partial charge in [0.05, 0.1) is 6.54 Å². The zero-order valence-corrected chi connectivity index (χ0v) is 15.2. The second kappa shape index (κ2) is 7.78. The van der Waals surface area contributed by atoms with Gasteiger partial charge in [0.25, 0.3) is 0 Å². The third-order valence-electron chi connectivity index (χ3n) is 4.86. The van der Waals surface area contributed by atoms with Gasteiger partial charge in [0.1, 0.15) is 6.04 Å². The molecule has 0 spiro atoms. The Morgan fingerprint density at radius 3 is 2.72 bits per heavy atom. The van der Waals surface area contributed by atoms with Gasteiger partial charge in [0.2, 0.25) is 11.8 Å². The van der Waals surface area contributed by atoms with Gasteiger partial charge in [0, 0.05) is 5.92 Å². The Balaban J connectivity index is 1.65. The van der Waals surface area contributed by atoms with E-state index in [0.29, 0.717) is 17.6 Å². The van der Waals surface area contributed by atoms with E-state index in [-0.39, 0.29) is 18.5 Å². The van der Waals surface area contributed by atoms with Crippen molar-refractivity contribution in [2.75, 3.05) is 14.1 Å². The van der Waals surface area contributed by atoms with E-state index in [1.165, 1.54) is 12.8 Å². The maximum Gasteiger partial charge on any atom is 0.242 e. The third kappa shape index (κ3) is 4.07. The van der Waals surface area contributed by atoms with Gasteiger partial charge < -0.3 is 9.84 Å². The highest BCUT2D eigenvalue weighted by atomic mass is 16.5. The molecule has 0 saturated heterocycles. The summed E-state index contributed by atoms with van der Waals surface area (Å²) in [6, 6.07) is 7.60. The van der Waals surface area contributed by atoms with Crippen LogP contribution in [0, 0.1) is 6.92 Å². The Kier molecular flexibility index (Phi) is 5.48. The maximum absolute atomic E-state index is 12.7. The van der Waals surface area contributed by atoms with Crippen molar-refractivity contribution >= 4 is 5.91 Å². The van der Waals surface area contributed by atoms with Gasteiger partial charge in [-0.05, 0) is 45.0 Å². The number of hydrogen-bond donors (Lipinski definition) is 1. The van der Waals surface area contributed by atoms with Crippen LogP contribution in [0.15, 0.2) is 28.8 Å². The number of carbonyl (C=O) groups excluding carboxylic acids is 1. The molecule has 1 saturated carbocycles. The predicted molar refractivity (Wildman–Crippen MR) is 95.0 cm³/mol. The molecule has 6 nitrogen and oxygen atoms in total. The lowest BCUT2D eigenvalue weighted by atomic mass is 10.00. The Labute approximate surface area is 148 Å². The number of nitrogens with zero attached hydrogens (tertiary/aromatic N) is 3. The highest BCUT2D eigenvalue weighted by Gasteiger charge is 2.26. The number of nitrogens with one attached hydrogen (secondary N) is 1. The zero-order valence-electron chi connectivity index (χ0n) is 15.2. The lowest BCUT2D eigenvalue weighted by molar-refractivity contribution is -0.126. The summed E-state index contributed by atoms with van der Waals surface area (Å²) in [5, 5.41) is 6.96. The van der Waals surface area contributed by atoms with Crippen molar-refractivity contribution in [2.45, 2.75) is 51.1 Å². The number of rotatable bonds is 6. The van der Waals surface area contributed by atoms with E-state index in [4.69, 9.17) is 4.52 Å². The smallest absolute Gasteiger partial charge is 0.242 e. The zero-order chi connectivity index (χ0) is 17.8. The summed E-state index contributed by atoms with van der Waals surface area (Å²) < 4.78 is 5.37. The molecule has 1 aliphatic carbocycles. The lowest BCUT2D eigenvalue weighted by Crippen LogP contribution is -2.37. The van der Waals surface area contributed by atoms with Gasteiger partial charge in [-0.25, -0.2) is 0 Å². The van der Waals surface area contributed by atoms with Crippen LogP contribution in [0.5, 0.6) is 0 Å². The molecule has 0 aliphatic heterocycles. The summed E-state index contributed by atoms with van der Waals surface area (Å²) in [5.41, 5.74) is 2.10. The SMILES string of the molecule is Cc1ccccc1C(C(=O)NCc1noc(C2CCCC2)n1)N(C)C. The first kappa shape index (κ1) is 17.6. The maximum atomic E-state index is 12.7. The minimum atomic E-state index is -0.345. The van der Waals surface area contributed by atoms with Crippen LogP contribution in [0.25, 0.3) is 0 Å². The molecule has 2 aromatic rings. The standard InChI is InChI=1S/C19H26N4O2/c1-13-8-4-7-11-15(13)17(23(2)3)18(24)20-12-16-21-19(25-22-16)14-9-5-6-10-14/h4,7-8,11,14,17H,5-6,9-10,12H2,1-3H3,(H,20,24). The highest BCUT2D eigenvalue weighted by Crippen LogP contribution is 2.32. The van der Waals surface area contributed by atoms with Crippen molar-refractivity contribution in [2.24, 2.45) is 0 Å². The topological polar surface area (TPSA) is 71.3 Å². The first-order valence-electron chi connectivity index (χ1n) is 8.88. The summed E-state index contributed by atoms with van der Waals surface area (Å²) in [6.45, 7) is 2.30. The second-order valence-corrected chi connectivity index (χ2v) is 6.97.